The van der Waals surface area contributed by atoms with Crippen molar-refractivity contribution in [3.8, 4) is 0 Å². The van der Waals surface area contributed by atoms with Crippen LogP contribution in [0.2, 0.25) is 0 Å². The van der Waals surface area contributed by atoms with Crippen LogP contribution in [0.4, 0.5) is 0 Å². The maximum absolute atomic E-state index is 4.36. The summed E-state index contributed by atoms with van der Waals surface area (Å²) in [4.78, 5) is 0. The molecule has 0 aliphatic heterocycles. The van der Waals surface area contributed by atoms with E-state index in [4.69, 9.17) is 0 Å². The Morgan fingerprint density at radius 2 is 1.56 bits per heavy atom. The molecule has 0 amide bonds. The summed E-state index contributed by atoms with van der Waals surface area (Å²) in [6.07, 6.45) is 3.24. The first-order chi connectivity index (χ1) is 4.18. The highest BCUT2D eigenvalue weighted by atomic mass is 32.1. The van der Waals surface area contributed by atoms with Gasteiger partial charge in [0.2, 0.25) is 0 Å². The van der Waals surface area contributed by atoms with Crippen molar-refractivity contribution in [1.82, 2.24) is 0 Å². The van der Waals surface area contributed by atoms with Crippen molar-refractivity contribution in [2.24, 2.45) is 0 Å². The van der Waals surface area contributed by atoms with Gasteiger partial charge in [-0.15, -0.1) is 0 Å². The molecule has 1 aliphatic rings. The maximum atomic E-state index is 4.36. The number of hydrogen-bond donors (Lipinski definition) is 3. The lowest BCUT2D eigenvalue weighted by Gasteiger charge is -2.26. The second-order valence-corrected chi connectivity index (χ2v) is 4.61. The van der Waals surface area contributed by atoms with Crippen LogP contribution in [0.25, 0.3) is 0 Å². The van der Waals surface area contributed by atoms with Crippen molar-refractivity contribution in [3.05, 3.63) is 5.25 Å². The molecule has 3 heteroatoms. The number of rotatable bonds is 0. The fraction of sp³-hybridized carbons (Fsp3) is 0.833. The van der Waals surface area contributed by atoms with Gasteiger partial charge in [-0.05, 0) is 19.3 Å². The molecule has 1 aliphatic carbocycles. The zero-order valence-corrected chi connectivity index (χ0v) is 7.80. The van der Waals surface area contributed by atoms with Crippen LogP contribution in [0.5, 0.6) is 0 Å². The van der Waals surface area contributed by atoms with E-state index in [0.717, 1.165) is 19.3 Å². The van der Waals surface area contributed by atoms with Crippen LogP contribution in [0, 0.1) is 5.25 Å². The third-order valence-electron chi connectivity index (χ3n) is 1.49. The summed E-state index contributed by atoms with van der Waals surface area (Å²) in [5.41, 5.74) is 0. The fourth-order valence-electron chi connectivity index (χ4n) is 1.11. The molecular formula is C6H11S3. The van der Waals surface area contributed by atoms with Gasteiger partial charge >= 0.3 is 0 Å². The van der Waals surface area contributed by atoms with Gasteiger partial charge in [0.15, 0.2) is 0 Å². The highest BCUT2D eigenvalue weighted by molar-refractivity contribution is 7.84. The van der Waals surface area contributed by atoms with Crippen molar-refractivity contribution in [3.63, 3.8) is 0 Å². The lowest BCUT2D eigenvalue weighted by molar-refractivity contribution is 0.612. The third-order valence-corrected chi connectivity index (χ3v) is 2.64. The molecule has 0 spiro atoms. The highest BCUT2D eigenvalue weighted by Crippen LogP contribution is 2.33. The molecule has 1 fully saturated rings. The van der Waals surface area contributed by atoms with Crippen LogP contribution >= 0.6 is 37.9 Å². The molecule has 0 N–H and O–H groups in total. The Morgan fingerprint density at radius 1 is 1.11 bits per heavy atom. The second-order valence-electron chi connectivity index (χ2n) is 2.52. The minimum absolute atomic E-state index is 0.494. The fourth-order valence-corrected chi connectivity index (χ4v) is 2.95. The Bertz CT molecular complexity index is 69.3. The van der Waals surface area contributed by atoms with Gasteiger partial charge in [0.1, 0.15) is 0 Å². The van der Waals surface area contributed by atoms with E-state index >= 15 is 0 Å². The summed E-state index contributed by atoms with van der Waals surface area (Å²) >= 11 is 13.0. The molecule has 0 saturated heterocycles. The van der Waals surface area contributed by atoms with Crippen molar-refractivity contribution in [1.29, 1.82) is 0 Å². The highest BCUT2D eigenvalue weighted by Gasteiger charge is 2.22. The van der Waals surface area contributed by atoms with E-state index in [1.54, 1.807) is 0 Å². The Kier molecular flexibility index (Phi) is 3.12. The lowest BCUT2D eigenvalue weighted by Crippen LogP contribution is -2.19. The van der Waals surface area contributed by atoms with Crippen molar-refractivity contribution < 1.29 is 0 Å². The van der Waals surface area contributed by atoms with Gasteiger partial charge in [-0.2, -0.15) is 37.9 Å². The Labute approximate surface area is 73.0 Å². The quantitative estimate of drug-likeness (QED) is 0.467. The first-order valence-electron chi connectivity index (χ1n) is 3.08. The summed E-state index contributed by atoms with van der Waals surface area (Å²) in [5, 5.41) is 2.24. The molecule has 1 saturated carbocycles. The van der Waals surface area contributed by atoms with Crippen molar-refractivity contribution >= 4 is 37.9 Å². The molecule has 1 rings (SSSR count). The first kappa shape index (κ1) is 8.15. The SMILES string of the molecule is S[C]1CC(S)CC(S)C1. The van der Waals surface area contributed by atoms with E-state index in [9.17, 15) is 0 Å². The Morgan fingerprint density at radius 3 is 1.89 bits per heavy atom. The zero-order valence-electron chi connectivity index (χ0n) is 5.12. The summed E-state index contributed by atoms with van der Waals surface area (Å²) in [7, 11) is 0. The summed E-state index contributed by atoms with van der Waals surface area (Å²) in [5.74, 6) is 0. The average Bonchev–Trinajstić information content (AvgIpc) is 1.59. The van der Waals surface area contributed by atoms with Crippen LogP contribution in [0.15, 0.2) is 0 Å². The second kappa shape index (κ2) is 3.44. The summed E-state index contributed by atoms with van der Waals surface area (Å²) in [6, 6.07) is 0. The molecule has 2 atom stereocenters. The number of hydrogen-bond acceptors (Lipinski definition) is 3. The largest absolute Gasteiger partial charge is 0.176 e. The van der Waals surface area contributed by atoms with Gasteiger partial charge in [-0.3, -0.25) is 0 Å². The van der Waals surface area contributed by atoms with E-state index < -0.39 is 0 Å². The molecule has 2 unspecified atom stereocenters. The molecule has 0 aromatic rings. The van der Waals surface area contributed by atoms with Gasteiger partial charge in [0.25, 0.3) is 0 Å². The standard InChI is InChI=1S/C6H11S3/c7-4-1-5(8)3-6(9)2-4/h4-5,7-9H,1-3H2. The van der Waals surface area contributed by atoms with E-state index in [0.29, 0.717) is 10.5 Å². The van der Waals surface area contributed by atoms with E-state index in [1.807, 2.05) is 0 Å². The first-order valence-corrected chi connectivity index (χ1v) is 4.56. The average molecular weight is 179 g/mol. The minimum Gasteiger partial charge on any atom is -0.176 e. The lowest BCUT2D eigenvalue weighted by atomic mass is 9.99. The molecular weight excluding hydrogens is 168 g/mol. The number of thiol groups is 3. The van der Waals surface area contributed by atoms with E-state index in [2.05, 4.69) is 37.9 Å². The van der Waals surface area contributed by atoms with Crippen LogP contribution in [0.1, 0.15) is 19.3 Å². The van der Waals surface area contributed by atoms with Crippen LogP contribution in [-0.2, 0) is 0 Å². The predicted molar refractivity (Wildman–Crippen MR) is 51.6 cm³/mol. The van der Waals surface area contributed by atoms with Gasteiger partial charge in [-0.1, -0.05) is 0 Å². The zero-order chi connectivity index (χ0) is 6.85. The predicted octanol–water partition coefficient (Wildman–Crippen LogP) is 2.23. The molecule has 0 aromatic carbocycles. The molecule has 0 nitrogen and oxygen atoms in total. The van der Waals surface area contributed by atoms with Gasteiger partial charge < -0.3 is 0 Å². The third kappa shape index (κ3) is 2.64. The minimum atomic E-state index is 0.494. The Balaban J connectivity index is 2.34. The smallest absolute Gasteiger partial charge is 0.0295 e. The summed E-state index contributed by atoms with van der Waals surface area (Å²) in [6.45, 7) is 0. The molecule has 0 aromatic heterocycles. The van der Waals surface area contributed by atoms with Crippen LogP contribution in [0.3, 0.4) is 0 Å². The topological polar surface area (TPSA) is 0 Å². The van der Waals surface area contributed by atoms with Crippen LogP contribution < -0.4 is 0 Å². The molecule has 53 valence electrons. The Hall–Kier alpha value is 1.05. The van der Waals surface area contributed by atoms with Gasteiger partial charge in [0, 0.05) is 15.7 Å². The molecule has 1 radical (unpaired) electrons. The molecule has 0 bridgehead atoms. The molecule has 9 heavy (non-hydrogen) atoms. The van der Waals surface area contributed by atoms with Gasteiger partial charge in [0.05, 0.1) is 0 Å². The van der Waals surface area contributed by atoms with Gasteiger partial charge in [-0.25, -0.2) is 0 Å². The van der Waals surface area contributed by atoms with E-state index in [1.165, 1.54) is 5.25 Å². The van der Waals surface area contributed by atoms with E-state index in [-0.39, 0.29) is 0 Å². The summed E-state index contributed by atoms with van der Waals surface area (Å²) < 4.78 is 0. The van der Waals surface area contributed by atoms with Crippen molar-refractivity contribution in [2.45, 2.75) is 29.8 Å². The maximum Gasteiger partial charge on any atom is 0.0295 e. The normalized spacial score (nSPS) is 39.0. The monoisotopic (exact) mass is 179 g/mol. The molecule has 0 heterocycles. The van der Waals surface area contributed by atoms with Crippen molar-refractivity contribution in [2.75, 3.05) is 0 Å². The van der Waals surface area contributed by atoms with Crippen LogP contribution in [-0.4, -0.2) is 10.5 Å².